The lowest BCUT2D eigenvalue weighted by Gasteiger charge is -2.45. The van der Waals surface area contributed by atoms with E-state index >= 15 is 0 Å². The van der Waals surface area contributed by atoms with Crippen molar-refractivity contribution in [2.75, 3.05) is 19.8 Å². The molecule has 7 heteroatoms. The van der Waals surface area contributed by atoms with Crippen LogP contribution in [0.2, 0.25) is 36.3 Å². The first-order valence-electron chi connectivity index (χ1n) is 11.7. The first-order chi connectivity index (χ1) is 13.9. The van der Waals surface area contributed by atoms with E-state index in [1.807, 2.05) is 0 Å². The second kappa shape index (κ2) is 9.07. The lowest BCUT2D eigenvalue weighted by atomic mass is 9.91. The molecule has 1 fully saturated rings. The Morgan fingerprint density at radius 2 is 1.71 bits per heavy atom. The molecule has 1 saturated heterocycles. The Bertz CT molecular complexity index is 679. The van der Waals surface area contributed by atoms with E-state index in [2.05, 4.69) is 104 Å². The Morgan fingerprint density at radius 3 is 2.16 bits per heavy atom. The summed E-state index contributed by atoms with van der Waals surface area (Å²) < 4.78 is 20.6. The van der Waals surface area contributed by atoms with Crippen LogP contribution in [0.15, 0.2) is 24.4 Å². The fourth-order valence-corrected chi connectivity index (χ4v) is 5.82. The van der Waals surface area contributed by atoms with Gasteiger partial charge in [-0.3, -0.25) is 5.32 Å². The zero-order chi connectivity index (χ0) is 23.9. The first-order valence-corrected chi connectivity index (χ1v) is 17.5. The molecule has 0 saturated carbocycles. The van der Waals surface area contributed by atoms with Crippen LogP contribution >= 0.6 is 0 Å². The molecule has 1 N–H and O–H groups in total. The molecule has 2 aliphatic rings. The third kappa shape index (κ3) is 5.73. The lowest BCUT2D eigenvalue weighted by molar-refractivity contribution is -0.113. The Labute approximate surface area is 193 Å². The molecule has 0 spiro atoms. The average Bonchev–Trinajstić information content (AvgIpc) is 2.98. The van der Waals surface area contributed by atoms with Crippen LogP contribution in [0.1, 0.15) is 54.9 Å². The smallest absolute Gasteiger partial charge is 0.192 e. The number of nitrogens with one attached hydrogen (secondary N) is 1. The zero-order valence-corrected chi connectivity index (χ0v) is 24.0. The van der Waals surface area contributed by atoms with E-state index in [-0.39, 0.29) is 22.4 Å². The fraction of sp³-hybridized carbons (Fsp3) is 0.833. The van der Waals surface area contributed by atoms with Gasteiger partial charge in [0.2, 0.25) is 0 Å². The zero-order valence-electron chi connectivity index (χ0n) is 22.0. The van der Waals surface area contributed by atoms with E-state index in [1.165, 1.54) is 0 Å². The number of ether oxygens (including phenoxy) is 1. The van der Waals surface area contributed by atoms with Gasteiger partial charge in [0.05, 0.1) is 19.4 Å². The van der Waals surface area contributed by atoms with Crippen LogP contribution < -0.4 is 5.32 Å². The highest BCUT2D eigenvalue weighted by molar-refractivity contribution is 6.74. The highest BCUT2D eigenvalue weighted by atomic mass is 28.4. The summed E-state index contributed by atoms with van der Waals surface area (Å²) in [5, 5.41) is 3.67. The van der Waals surface area contributed by atoms with E-state index < -0.39 is 22.2 Å². The van der Waals surface area contributed by atoms with Gasteiger partial charge < -0.3 is 18.5 Å². The van der Waals surface area contributed by atoms with Crippen molar-refractivity contribution < 1.29 is 13.6 Å². The minimum atomic E-state index is -2.01. The topological polar surface area (TPSA) is 43.0 Å². The van der Waals surface area contributed by atoms with Crippen molar-refractivity contribution in [3.8, 4) is 0 Å². The number of nitrogens with zero attached hydrogens (tertiary/aromatic N) is 1. The second-order valence-electron chi connectivity index (χ2n) is 12.4. The molecule has 3 atom stereocenters. The maximum atomic E-state index is 7.03. The number of rotatable bonds is 7. The molecular weight excluding hydrogens is 420 g/mol. The van der Waals surface area contributed by atoms with Crippen molar-refractivity contribution in [2.24, 2.45) is 0 Å². The third-order valence-corrected chi connectivity index (χ3v) is 16.9. The van der Waals surface area contributed by atoms with Crippen molar-refractivity contribution in [3.05, 3.63) is 24.4 Å². The van der Waals surface area contributed by atoms with E-state index in [4.69, 9.17) is 13.6 Å². The molecule has 0 aromatic carbocycles. The minimum Gasteiger partial charge on any atom is -0.413 e. The summed E-state index contributed by atoms with van der Waals surface area (Å²) >= 11 is 0. The highest BCUT2D eigenvalue weighted by Crippen LogP contribution is 2.46. The van der Waals surface area contributed by atoms with Gasteiger partial charge in [0, 0.05) is 19.2 Å². The summed E-state index contributed by atoms with van der Waals surface area (Å²) in [5.41, 5.74) is 0.354. The number of hydrogen-bond acceptors (Lipinski definition) is 5. The van der Waals surface area contributed by atoms with Crippen molar-refractivity contribution >= 4 is 16.6 Å². The Morgan fingerprint density at radius 1 is 1.13 bits per heavy atom. The van der Waals surface area contributed by atoms with Crippen LogP contribution in [0, 0.1) is 0 Å². The van der Waals surface area contributed by atoms with E-state index in [0.717, 1.165) is 25.2 Å². The highest BCUT2D eigenvalue weighted by Gasteiger charge is 2.55. The Balaban J connectivity index is 2.39. The Kier molecular flexibility index (Phi) is 7.84. The Hall–Kier alpha value is -0.446. The van der Waals surface area contributed by atoms with Gasteiger partial charge in [-0.05, 0) is 48.8 Å². The van der Waals surface area contributed by atoms with Crippen LogP contribution in [-0.2, 0) is 13.6 Å². The van der Waals surface area contributed by atoms with Gasteiger partial charge in [-0.25, -0.2) is 0 Å². The van der Waals surface area contributed by atoms with Crippen LogP contribution in [0.4, 0.5) is 0 Å². The van der Waals surface area contributed by atoms with Crippen molar-refractivity contribution in [1.82, 2.24) is 10.2 Å². The molecule has 2 rings (SSSR count). The molecule has 0 radical (unpaired) electrons. The fourth-order valence-electron chi connectivity index (χ4n) is 3.46. The molecule has 0 aromatic rings. The minimum absolute atomic E-state index is 0.0569. The summed E-state index contributed by atoms with van der Waals surface area (Å²) in [7, 11) is -3.97. The molecule has 0 bridgehead atoms. The molecule has 0 aliphatic carbocycles. The van der Waals surface area contributed by atoms with Gasteiger partial charge in [-0.2, -0.15) is 0 Å². The molecule has 0 unspecified atom stereocenters. The van der Waals surface area contributed by atoms with E-state index in [1.54, 1.807) is 0 Å². The maximum Gasteiger partial charge on any atom is 0.192 e. The summed E-state index contributed by atoms with van der Waals surface area (Å²) in [4.78, 5) is 2.24. The maximum absolute atomic E-state index is 7.03. The molecule has 2 aliphatic heterocycles. The lowest BCUT2D eigenvalue weighted by Crippen LogP contribution is -2.55. The van der Waals surface area contributed by atoms with Crippen molar-refractivity contribution in [2.45, 2.75) is 109 Å². The van der Waals surface area contributed by atoms with Crippen LogP contribution in [0.5, 0.6) is 0 Å². The first kappa shape index (κ1) is 26.8. The molecule has 180 valence electrons. The summed E-state index contributed by atoms with van der Waals surface area (Å²) in [5.74, 6) is 0. The van der Waals surface area contributed by atoms with Gasteiger partial charge in [-0.15, -0.1) is 0 Å². The van der Waals surface area contributed by atoms with Gasteiger partial charge in [0.1, 0.15) is 11.8 Å². The summed E-state index contributed by atoms with van der Waals surface area (Å²) in [6.45, 7) is 31.6. The van der Waals surface area contributed by atoms with Gasteiger partial charge in [-0.1, -0.05) is 54.2 Å². The second-order valence-corrected chi connectivity index (χ2v) is 22.0. The van der Waals surface area contributed by atoms with Gasteiger partial charge >= 0.3 is 0 Å². The molecule has 2 heterocycles. The number of hydrogen-bond donors (Lipinski definition) is 1. The predicted molar refractivity (Wildman–Crippen MR) is 136 cm³/mol. The van der Waals surface area contributed by atoms with Gasteiger partial charge in [0.25, 0.3) is 0 Å². The van der Waals surface area contributed by atoms with Gasteiger partial charge in [0.15, 0.2) is 16.6 Å². The summed E-state index contributed by atoms with van der Waals surface area (Å²) in [6, 6.07) is 0. The SMILES string of the molecule is C=C(C)[C@]1(CO[Si](C)(C)C(C)(C)C)O[C@@H](N2C=CCNC2)C[C@@H]1O[Si](C)(C)C(C)(C)C. The normalized spacial score (nSPS) is 28.3. The quantitative estimate of drug-likeness (QED) is 0.376. The van der Waals surface area contributed by atoms with Crippen LogP contribution in [0.3, 0.4) is 0 Å². The summed E-state index contributed by atoms with van der Waals surface area (Å²) in [6.07, 6.45) is 4.97. The molecule has 0 aromatic heterocycles. The third-order valence-electron chi connectivity index (χ3n) is 7.92. The van der Waals surface area contributed by atoms with E-state index in [0.29, 0.717) is 6.61 Å². The molecular formula is C24H48N2O3Si2. The van der Waals surface area contributed by atoms with E-state index in [9.17, 15) is 0 Å². The monoisotopic (exact) mass is 468 g/mol. The van der Waals surface area contributed by atoms with Crippen molar-refractivity contribution in [1.29, 1.82) is 0 Å². The standard InChI is InChI=1S/C24H48N2O3Si2/c1-19(2)24(17-27-30(9,10)22(3,4)5)20(29-31(11,12)23(6,7)8)16-21(28-24)26-15-13-14-25-18-26/h13,15,20-21,25H,1,14,16-18H2,2-12H3/t20-,21+,24-/m0/s1. The molecule has 5 nitrogen and oxygen atoms in total. The largest absolute Gasteiger partial charge is 0.413 e. The predicted octanol–water partition coefficient (Wildman–Crippen LogP) is 5.84. The average molecular weight is 469 g/mol. The van der Waals surface area contributed by atoms with Crippen LogP contribution in [-0.4, -0.2) is 59.3 Å². The van der Waals surface area contributed by atoms with Crippen molar-refractivity contribution in [3.63, 3.8) is 0 Å². The van der Waals surface area contributed by atoms with Crippen LogP contribution in [0.25, 0.3) is 0 Å². The molecule has 31 heavy (non-hydrogen) atoms. The molecule has 0 amide bonds.